The van der Waals surface area contributed by atoms with Crippen LogP contribution in [0.2, 0.25) is 0 Å². The second kappa shape index (κ2) is 5.75. The molecule has 20 heavy (non-hydrogen) atoms. The van der Waals surface area contributed by atoms with Crippen LogP contribution in [0, 0.1) is 0 Å². The number of benzene rings is 1. The molecule has 1 unspecified atom stereocenters. The van der Waals surface area contributed by atoms with Gasteiger partial charge in [0.1, 0.15) is 5.01 Å². The fraction of sp³-hybridized carbons (Fsp3) is 0.375. The van der Waals surface area contributed by atoms with Gasteiger partial charge in [-0.1, -0.05) is 24.3 Å². The molecule has 0 amide bonds. The number of hydrogen-bond acceptors (Lipinski definition) is 4. The molecular formula is C16H17NO2S. The van der Waals surface area contributed by atoms with Crippen LogP contribution in [-0.4, -0.2) is 18.1 Å². The number of aromatic nitrogens is 1. The lowest BCUT2D eigenvalue weighted by Crippen LogP contribution is -2.02. The molecule has 0 bridgehead atoms. The van der Waals surface area contributed by atoms with Gasteiger partial charge in [0.25, 0.3) is 0 Å². The maximum absolute atomic E-state index is 11.2. The number of carbonyl (C=O) groups is 1. The van der Waals surface area contributed by atoms with Crippen LogP contribution in [0.5, 0.6) is 0 Å². The molecule has 1 aromatic carbocycles. The van der Waals surface area contributed by atoms with Gasteiger partial charge >= 0.3 is 5.97 Å². The summed E-state index contributed by atoms with van der Waals surface area (Å²) < 4.78 is 4.66. The van der Waals surface area contributed by atoms with E-state index in [-0.39, 0.29) is 5.97 Å². The monoisotopic (exact) mass is 287 g/mol. The van der Waals surface area contributed by atoms with Crippen molar-refractivity contribution in [3.8, 4) is 0 Å². The van der Waals surface area contributed by atoms with E-state index in [0.29, 0.717) is 18.8 Å². The van der Waals surface area contributed by atoms with Crippen LogP contribution in [0.25, 0.3) is 0 Å². The Balaban J connectivity index is 1.73. The highest BCUT2D eigenvalue weighted by molar-refractivity contribution is 7.09. The molecular weight excluding hydrogens is 270 g/mol. The maximum atomic E-state index is 11.2. The van der Waals surface area contributed by atoms with Gasteiger partial charge in [0.05, 0.1) is 19.2 Å². The summed E-state index contributed by atoms with van der Waals surface area (Å²) in [5, 5.41) is 3.24. The molecule has 0 spiro atoms. The predicted molar refractivity (Wildman–Crippen MR) is 79.1 cm³/mol. The van der Waals surface area contributed by atoms with Gasteiger partial charge in [-0.3, -0.25) is 4.79 Å². The molecule has 0 saturated carbocycles. The standard InChI is InChI=1S/C16H17NO2S/c1-19-15(18)9-7-12-10-20-16(17-12)14-8-6-11-4-2-3-5-13(11)14/h2-5,10,14H,6-9H2,1H3. The largest absolute Gasteiger partial charge is 0.469 e. The quantitative estimate of drug-likeness (QED) is 0.810. The van der Waals surface area contributed by atoms with E-state index < -0.39 is 0 Å². The van der Waals surface area contributed by atoms with Crippen molar-refractivity contribution in [2.75, 3.05) is 7.11 Å². The third-order valence-electron chi connectivity index (χ3n) is 3.81. The molecule has 0 N–H and O–H groups in total. The average Bonchev–Trinajstić information content (AvgIpc) is 3.10. The number of esters is 1. The average molecular weight is 287 g/mol. The van der Waals surface area contributed by atoms with Crippen molar-refractivity contribution < 1.29 is 9.53 Å². The number of fused-ring (bicyclic) bond motifs is 1. The van der Waals surface area contributed by atoms with Gasteiger partial charge in [-0.05, 0) is 24.0 Å². The first kappa shape index (κ1) is 13.3. The first-order valence-corrected chi connectivity index (χ1v) is 7.75. The Morgan fingerprint density at radius 2 is 2.30 bits per heavy atom. The predicted octanol–water partition coefficient (Wildman–Crippen LogP) is 3.33. The van der Waals surface area contributed by atoms with E-state index >= 15 is 0 Å². The van der Waals surface area contributed by atoms with Crippen LogP contribution in [0.15, 0.2) is 29.6 Å². The number of thiazole rings is 1. The van der Waals surface area contributed by atoms with E-state index in [2.05, 4.69) is 34.4 Å². The third kappa shape index (κ3) is 2.61. The number of nitrogens with zero attached hydrogens (tertiary/aromatic N) is 1. The molecule has 2 aromatic rings. The minimum Gasteiger partial charge on any atom is -0.469 e. The Labute approximate surface area is 122 Å². The van der Waals surface area contributed by atoms with Gasteiger partial charge in [0.15, 0.2) is 0 Å². The highest BCUT2D eigenvalue weighted by Crippen LogP contribution is 2.39. The molecule has 0 aliphatic heterocycles. The van der Waals surface area contributed by atoms with Gasteiger partial charge in [0, 0.05) is 17.7 Å². The lowest BCUT2D eigenvalue weighted by atomic mass is 10.0. The maximum Gasteiger partial charge on any atom is 0.305 e. The molecule has 0 saturated heterocycles. The summed E-state index contributed by atoms with van der Waals surface area (Å²) >= 11 is 1.71. The normalized spacial score (nSPS) is 16.9. The van der Waals surface area contributed by atoms with Crippen molar-refractivity contribution in [3.05, 3.63) is 51.5 Å². The van der Waals surface area contributed by atoms with Crippen LogP contribution in [0.1, 0.15) is 40.6 Å². The van der Waals surface area contributed by atoms with Crippen molar-refractivity contribution >= 4 is 17.3 Å². The number of methoxy groups -OCH3 is 1. The van der Waals surface area contributed by atoms with Gasteiger partial charge in [0.2, 0.25) is 0 Å². The van der Waals surface area contributed by atoms with E-state index in [1.165, 1.54) is 23.2 Å². The summed E-state index contributed by atoms with van der Waals surface area (Å²) in [5.41, 5.74) is 3.87. The zero-order valence-corrected chi connectivity index (χ0v) is 12.3. The van der Waals surface area contributed by atoms with E-state index in [1.54, 1.807) is 11.3 Å². The molecule has 0 fully saturated rings. The van der Waals surface area contributed by atoms with E-state index in [9.17, 15) is 4.79 Å². The Hall–Kier alpha value is -1.68. The first-order valence-electron chi connectivity index (χ1n) is 6.87. The van der Waals surface area contributed by atoms with Crippen LogP contribution in [0.3, 0.4) is 0 Å². The number of ether oxygens (including phenoxy) is 1. The van der Waals surface area contributed by atoms with Gasteiger partial charge in [-0.25, -0.2) is 4.98 Å². The summed E-state index contributed by atoms with van der Waals surface area (Å²) in [5.74, 6) is 0.258. The molecule has 0 radical (unpaired) electrons. The topological polar surface area (TPSA) is 39.2 Å². The summed E-state index contributed by atoms with van der Waals surface area (Å²) in [6, 6.07) is 8.62. The van der Waals surface area contributed by atoms with Crippen LogP contribution >= 0.6 is 11.3 Å². The number of hydrogen-bond donors (Lipinski definition) is 0. The third-order valence-corrected chi connectivity index (χ3v) is 4.82. The fourth-order valence-corrected chi connectivity index (χ4v) is 3.75. The first-order chi connectivity index (χ1) is 9.78. The molecule has 3 nitrogen and oxygen atoms in total. The van der Waals surface area contributed by atoms with Crippen molar-refractivity contribution in [3.63, 3.8) is 0 Å². The molecule has 1 aliphatic rings. The van der Waals surface area contributed by atoms with E-state index in [4.69, 9.17) is 4.98 Å². The number of aryl methyl sites for hydroxylation is 2. The Bertz CT molecular complexity index is 620. The van der Waals surface area contributed by atoms with Gasteiger partial charge in [-0.2, -0.15) is 0 Å². The summed E-state index contributed by atoms with van der Waals surface area (Å²) in [6.45, 7) is 0. The minimum absolute atomic E-state index is 0.175. The zero-order chi connectivity index (χ0) is 13.9. The SMILES string of the molecule is COC(=O)CCc1csc(C2CCc3ccccc32)n1. The second-order valence-corrected chi connectivity index (χ2v) is 5.93. The molecule has 1 heterocycles. The Kier molecular flexibility index (Phi) is 3.83. The Morgan fingerprint density at radius 1 is 1.45 bits per heavy atom. The Morgan fingerprint density at radius 3 is 3.15 bits per heavy atom. The summed E-state index contributed by atoms with van der Waals surface area (Å²) in [6.07, 6.45) is 3.35. The minimum atomic E-state index is -0.175. The van der Waals surface area contributed by atoms with E-state index in [0.717, 1.165) is 18.5 Å². The highest BCUT2D eigenvalue weighted by atomic mass is 32.1. The van der Waals surface area contributed by atoms with Gasteiger partial charge in [-0.15, -0.1) is 11.3 Å². The zero-order valence-electron chi connectivity index (χ0n) is 11.5. The highest BCUT2D eigenvalue weighted by Gasteiger charge is 2.25. The lowest BCUT2D eigenvalue weighted by molar-refractivity contribution is -0.140. The molecule has 3 rings (SSSR count). The van der Waals surface area contributed by atoms with Crippen LogP contribution in [-0.2, 0) is 22.4 Å². The van der Waals surface area contributed by atoms with Crippen LogP contribution < -0.4 is 0 Å². The number of rotatable bonds is 4. The van der Waals surface area contributed by atoms with Crippen molar-refractivity contribution in [1.82, 2.24) is 4.98 Å². The second-order valence-electron chi connectivity index (χ2n) is 5.04. The summed E-state index contributed by atoms with van der Waals surface area (Å²) in [4.78, 5) is 15.9. The molecule has 1 aliphatic carbocycles. The van der Waals surface area contributed by atoms with E-state index in [1.807, 2.05) is 0 Å². The number of carbonyl (C=O) groups excluding carboxylic acids is 1. The summed E-state index contributed by atoms with van der Waals surface area (Å²) in [7, 11) is 1.42. The molecule has 1 aromatic heterocycles. The van der Waals surface area contributed by atoms with Crippen LogP contribution in [0.4, 0.5) is 0 Å². The van der Waals surface area contributed by atoms with Crippen molar-refractivity contribution in [2.24, 2.45) is 0 Å². The van der Waals surface area contributed by atoms with Crippen molar-refractivity contribution in [2.45, 2.75) is 31.6 Å². The van der Waals surface area contributed by atoms with Crippen molar-refractivity contribution in [1.29, 1.82) is 0 Å². The lowest BCUT2D eigenvalue weighted by Gasteiger charge is -2.07. The smallest absolute Gasteiger partial charge is 0.305 e. The molecule has 104 valence electrons. The molecule has 1 atom stereocenters. The van der Waals surface area contributed by atoms with Gasteiger partial charge < -0.3 is 4.74 Å². The molecule has 4 heteroatoms. The fourth-order valence-electron chi connectivity index (χ4n) is 2.74.